The predicted molar refractivity (Wildman–Crippen MR) is 67.1 cm³/mol. The third kappa shape index (κ3) is 3.92. The molecule has 0 heterocycles. The lowest BCUT2D eigenvalue weighted by Crippen LogP contribution is -2.30. The Morgan fingerprint density at radius 2 is 2.11 bits per heavy atom. The number of carbonyl (C=O) groups is 2. The van der Waals surface area contributed by atoms with E-state index in [-0.39, 0.29) is 6.42 Å². The van der Waals surface area contributed by atoms with Crippen molar-refractivity contribution in [2.24, 2.45) is 0 Å². The van der Waals surface area contributed by atoms with Crippen LogP contribution in [0.25, 0.3) is 0 Å². The SMILES string of the molecule is COc1c(C)cc(Cl)cc1CC(=O)NCC(=O)O. The van der Waals surface area contributed by atoms with Crippen LogP contribution in [-0.2, 0) is 16.0 Å². The monoisotopic (exact) mass is 271 g/mol. The molecule has 1 rings (SSSR count). The van der Waals surface area contributed by atoms with Gasteiger partial charge in [0.2, 0.25) is 5.91 Å². The van der Waals surface area contributed by atoms with Gasteiger partial charge in [0.25, 0.3) is 0 Å². The van der Waals surface area contributed by atoms with Gasteiger partial charge in [-0.15, -0.1) is 0 Å². The Hall–Kier alpha value is -1.75. The van der Waals surface area contributed by atoms with E-state index in [1.54, 1.807) is 12.1 Å². The van der Waals surface area contributed by atoms with E-state index in [0.717, 1.165) is 5.56 Å². The van der Waals surface area contributed by atoms with Crippen LogP contribution in [0.4, 0.5) is 0 Å². The van der Waals surface area contributed by atoms with E-state index in [1.807, 2.05) is 6.92 Å². The highest BCUT2D eigenvalue weighted by Crippen LogP contribution is 2.27. The molecule has 0 unspecified atom stereocenters. The number of amides is 1. The molecule has 0 bridgehead atoms. The summed E-state index contributed by atoms with van der Waals surface area (Å²) >= 11 is 5.91. The molecule has 6 heteroatoms. The van der Waals surface area contributed by atoms with Crippen LogP contribution in [0, 0.1) is 6.92 Å². The number of hydrogen-bond donors (Lipinski definition) is 2. The zero-order chi connectivity index (χ0) is 13.7. The molecule has 0 aliphatic heterocycles. The number of carboxylic acid groups (broad SMARTS) is 1. The van der Waals surface area contributed by atoms with E-state index >= 15 is 0 Å². The fourth-order valence-corrected chi connectivity index (χ4v) is 1.93. The molecule has 0 saturated heterocycles. The summed E-state index contributed by atoms with van der Waals surface area (Å²) in [6.45, 7) is 1.42. The summed E-state index contributed by atoms with van der Waals surface area (Å²) in [4.78, 5) is 21.9. The quantitative estimate of drug-likeness (QED) is 0.849. The summed E-state index contributed by atoms with van der Waals surface area (Å²) in [6.07, 6.45) is 0.0256. The average Bonchev–Trinajstić information content (AvgIpc) is 2.26. The minimum absolute atomic E-state index is 0.0256. The van der Waals surface area contributed by atoms with Gasteiger partial charge < -0.3 is 15.2 Å². The Kier molecular flexibility index (Phi) is 4.97. The van der Waals surface area contributed by atoms with Crippen molar-refractivity contribution < 1.29 is 19.4 Å². The lowest BCUT2D eigenvalue weighted by Gasteiger charge is -2.11. The number of hydrogen-bond acceptors (Lipinski definition) is 3. The van der Waals surface area contributed by atoms with Gasteiger partial charge in [-0.2, -0.15) is 0 Å². The van der Waals surface area contributed by atoms with E-state index in [4.69, 9.17) is 21.4 Å². The molecule has 1 aromatic rings. The molecule has 0 aliphatic carbocycles. The van der Waals surface area contributed by atoms with Gasteiger partial charge in [0.05, 0.1) is 13.5 Å². The highest BCUT2D eigenvalue weighted by atomic mass is 35.5. The molecule has 98 valence electrons. The van der Waals surface area contributed by atoms with Gasteiger partial charge in [-0.05, 0) is 24.6 Å². The number of aryl methyl sites for hydroxylation is 1. The first-order valence-electron chi connectivity index (χ1n) is 5.25. The van der Waals surface area contributed by atoms with Crippen LogP contribution in [0.3, 0.4) is 0 Å². The summed E-state index contributed by atoms with van der Waals surface area (Å²) in [5.74, 6) is -0.889. The second-order valence-electron chi connectivity index (χ2n) is 3.76. The lowest BCUT2D eigenvalue weighted by molar-refractivity contribution is -0.137. The molecular weight excluding hydrogens is 258 g/mol. The number of nitrogens with one attached hydrogen (secondary N) is 1. The Balaban J connectivity index is 2.83. The molecule has 2 N–H and O–H groups in total. The minimum Gasteiger partial charge on any atom is -0.496 e. The van der Waals surface area contributed by atoms with Crippen molar-refractivity contribution in [2.45, 2.75) is 13.3 Å². The maximum absolute atomic E-state index is 11.5. The molecule has 0 aliphatic rings. The number of carbonyl (C=O) groups excluding carboxylic acids is 1. The molecular formula is C12H14ClNO4. The third-order valence-corrected chi connectivity index (χ3v) is 2.53. The van der Waals surface area contributed by atoms with Gasteiger partial charge in [-0.25, -0.2) is 0 Å². The van der Waals surface area contributed by atoms with Crippen molar-refractivity contribution in [3.63, 3.8) is 0 Å². The smallest absolute Gasteiger partial charge is 0.322 e. The van der Waals surface area contributed by atoms with Crippen LogP contribution in [0.1, 0.15) is 11.1 Å². The molecule has 0 saturated carbocycles. The van der Waals surface area contributed by atoms with Crippen molar-refractivity contribution >= 4 is 23.5 Å². The van der Waals surface area contributed by atoms with E-state index in [2.05, 4.69) is 5.32 Å². The van der Waals surface area contributed by atoms with Crippen LogP contribution < -0.4 is 10.1 Å². The van der Waals surface area contributed by atoms with Crippen LogP contribution in [0.2, 0.25) is 5.02 Å². The fourth-order valence-electron chi connectivity index (χ4n) is 1.63. The third-order valence-electron chi connectivity index (χ3n) is 2.31. The molecule has 0 spiro atoms. The van der Waals surface area contributed by atoms with Crippen molar-refractivity contribution in [3.8, 4) is 5.75 Å². The lowest BCUT2D eigenvalue weighted by atomic mass is 10.1. The maximum atomic E-state index is 11.5. The fraction of sp³-hybridized carbons (Fsp3) is 0.333. The zero-order valence-corrected chi connectivity index (χ0v) is 10.9. The zero-order valence-electron chi connectivity index (χ0n) is 10.1. The number of methoxy groups -OCH3 is 1. The van der Waals surface area contributed by atoms with Gasteiger partial charge in [0.15, 0.2) is 0 Å². The van der Waals surface area contributed by atoms with Crippen LogP contribution >= 0.6 is 11.6 Å². The van der Waals surface area contributed by atoms with Crippen LogP contribution in [0.5, 0.6) is 5.75 Å². The second-order valence-corrected chi connectivity index (χ2v) is 4.20. The Morgan fingerprint density at radius 3 is 2.67 bits per heavy atom. The number of ether oxygens (including phenoxy) is 1. The van der Waals surface area contributed by atoms with Crippen molar-refractivity contribution in [1.29, 1.82) is 0 Å². The molecule has 0 atom stereocenters. The molecule has 1 amide bonds. The second kappa shape index (κ2) is 6.26. The Morgan fingerprint density at radius 1 is 1.44 bits per heavy atom. The minimum atomic E-state index is -1.09. The predicted octanol–water partition coefficient (Wildman–Crippen LogP) is 1.40. The van der Waals surface area contributed by atoms with E-state index in [9.17, 15) is 9.59 Å². The summed E-state index contributed by atoms with van der Waals surface area (Å²) in [5.41, 5.74) is 1.46. The topological polar surface area (TPSA) is 75.6 Å². The Labute approximate surface area is 110 Å². The largest absolute Gasteiger partial charge is 0.496 e. The van der Waals surface area contributed by atoms with Crippen molar-refractivity contribution in [2.75, 3.05) is 13.7 Å². The number of aliphatic carboxylic acids is 1. The molecule has 1 aromatic carbocycles. The van der Waals surface area contributed by atoms with Gasteiger partial charge in [0, 0.05) is 10.6 Å². The highest BCUT2D eigenvalue weighted by Gasteiger charge is 2.12. The standard InChI is InChI=1S/C12H14ClNO4/c1-7-3-9(13)4-8(12(7)18-2)5-10(15)14-6-11(16)17/h3-4H,5-6H2,1-2H3,(H,14,15)(H,16,17). The van der Waals surface area contributed by atoms with Gasteiger partial charge >= 0.3 is 5.97 Å². The van der Waals surface area contributed by atoms with E-state index in [1.165, 1.54) is 7.11 Å². The summed E-state index contributed by atoms with van der Waals surface area (Å²) in [5, 5.41) is 11.2. The number of benzene rings is 1. The average molecular weight is 272 g/mol. The van der Waals surface area contributed by atoms with Crippen molar-refractivity contribution in [3.05, 3.63) is 28.3 Å². The summed E-state index contributed by atoms with van der Waals surface area (Å²) < 4.78 is 5.20. The summed E-state index contributed by atoms with van der Waals surface area (Å²) in [6, 6.07) is 3.37. The first-order valence-corrected chi connectivity index (χ1v) is 5.63. The van der Waals surface area contributed by atoms with Crippen LogP contribution in [0.15, 0.2) is 12.1 Å². The Bertz CT molecular complexity index is 473. The normalized spacial score (nSPS) is 9.94. The van der Waals surface area contributed by atoms with Crippen LogP contribution in [-0.4, -0.2) is 30.6 Å². The number of rotatable bonds is 5. The van der Waals surface area contributed by atoms with E-state index < -0.39 is 18.4 Å². The van der Waals surface area contributed by atoms with E-state index in [0.29, 0.717) is 16.3 Å². The summed E-state index contributed by atoms with van der Waals surface area (Å²) in [7, 11) is 1.51. The molecule has 0 radical (unpaired) electrons. The molecule has 5 nitrogen and oxygen atoms in total. The van der Waals surface area contributed by atoms with Crippen molar-refractivity contribution in [1.82, 2.24) is 5.32 Å². The van der Waals surface area contributed by atoms with Gasteiger partial charge in [-0.3, -0.25) is 9.59 Å². The number of halogens is 1. The highest BCUT2D eigenvalue weighted by molar-refractivity contribution is 6.30. The van der Waals surface area contributed by atoms with Gasteiger partial charge in [-0.1, -0.05) is 11.6 Å². The molecule has 0 fully saturated rings. The first-order chi connectivity index (χ1) is 8.43. The first kappa shape index (κ1) is 14.3. The molecule has 0 aromatic heterocycles. The number of carboxylic acids is 1. The molecule has 18 heavy (non-hydrogen) atoms. The van der Waals surface area contributed by atoms with Gasteiger partial charge in [0.1, 0.15) is 12.3 Å². The maximum Gasteiger partial charge on any atom is 0.322 e.